The third-order valence-corrected chi connectivity index (χ3v) is 3.23. The molecule has 0 saturated carbocycles. The van der Waals surface area contributed by atoms with Crippen LogP contribution >= 0.6 is 0 Å². The van der Waals surface area contributed by atoms with Gasteiger partial charge in [-0.15, -0.1) is 0 Å². The Balaban J connectivity index is 2.13. The van der Waals surface area contributed by atoms with Gasteiger partial charge in [-0.3, -0.25) is 4.57 Å². The lowest BCUT2D eigenvalue weighted by Crippen LogP contribution is -2.41. The molecule has 10 heteroatoms. The number of aliphatic hydroxyl groups excluding tert-OH is 2. The lowest BCUT2D eigenvalue weighted by molar-refractivity contribution is -0.233. The summed E-state index contributed by atoms with van der Waals surface area (Å²) < 4.78 is 33.0. The maximum absolute atomic E-state index is 14.8. The molecule has 3 rings (SSSR count). The second kappa shape index (κ2) is 4.30. The fraction of sp³-hybridized carbons (Fsp3) is 0.500. The number of aliphatic hydroxyl groups is 2. The Morgan fingerprint density at radius 2 is 2.15 bits per heavy atom. The van der Waals surface area contributed by atoms with Crippen molar-refractivity contribution in [3.8, 4) is 0 Å². The normalized spacial score (nSPS) is 33.9. The number of rotatable bonds is 2. The number of anilines is 1. The van der Waals surface area contributed by atoms with E-state index < -0.39 is 31.0 Å². The maximum Gasteiger partial charge on any atom is 0.325 e. The fourth-order valence-corrected chi connectivity index (χ4v) is 2.16. The molecule has 2 aromatic rings. The van der Waals surface area contributed by atoms with Crippen molar-refractivity contribution in [3.05, 3.63) is 12.7 Å². The van der Waals surface area contributed by atoms with E-state index in [-0.39, 0.29) is 17.0 Å². The first-order valence-corrected chi connectivity index (χ1v) is 5.72. The van der Waals surface area contributed by atoms with Crippen LogP contribution in [0, 0.1) is 0 Å². The largest absolute Gasteiger partial charge is 0.387 e. The van der Waals surface area contributed by atoms with Crippen molar-refractivity contribution in [1.29, 1.82) is 0 Å². The third-order valence-electron chi connectivity index (χ3n) is 3.23. The molecule has 0 aliphatic carbocycles. The van der Waals surface area contributed by atoms with Gasteiger partial charge in [0.15, 0.2) is 17.6 Å². The van der Waals surface area contributed by atoms with Gasteiger partial charge >= 0.3 is 5.98 Å². The van der Waals surface area contributed by atoms with Gasteiger partial charge in [-0.1, -0.05) is 0 Å². The van der Waals surface area contributed by atoms with E-state index in [4.69, 9.17) is 10.5 Å². The average molecular weight is 287 g/mol. The van der Waals surface area contributed by atoms with Crippen LogP contribution in [0.4, 0.5) is 14.6 Å². The second-order valence-electron chi connectivity index (χ2n) is 4.40. The summed E-state index contributed by atoms with van der Waals surface area (Å²) >= 11 is 0. The first kappa shape index (κ1) is 13.1. The molecule has 0 aromatic carbocycles. The van der Waals surface area contributed by atoms with E-state index in [1.807, 2.05) is 0 Å². The number of nitrogens with two attached hydrogens (primary N) is 1. The highest BCUT2D eigenvalue weighted by atomic mass is 19.2. The van der Waals surface area contributed by atoms with Crippen molar-refractivity contribution < 1.29 is 23.7 Å². The Morgan fingerprint density at radius 3 is 2.80 bits per heavy atom. The molecular formula is C10H11F2N5O3. The monoisotopic (exact) mass is 287 g/mol. The molecule has 1 aliphatic heterocycles. The number of alkyl halides is 2. The average Bonchev–Trinajstić information content (AvgIpc) is 2.96. The minimum atomic E-state index is -2.88. The molecule has 8 nitrogen and oxygen atoms in total. The first-order valence-electron chi connectivity index (χ1n) is 5.72. The number of nitrogens with zero attached hydrogens (tertiary/aromatic N) is 4. The number of aromatic nitrogens is 4. The number of hydrogen-bond donors (Lipinski definition) is 3. The highest BCUT2D eigenvalue weighted by molar-refractivity contribution is 5.81. The zero-order valence-corrected chi connectivity index (χ0v) is 10.0. The number of halogens is 2. The van der Waals surface area contributed by atoms with Crippen LogP contribution in [0.15, 0.2) is 12.7 Å². The Hall–Kier alpha value is -1.91. The predicted molar refractivity (Wildman–Crippen MR) is 61.7 cm³/mol. The first-order chi connectivity index (χ1) is 9.49. The van der Waals surface area contributed by atoms with Gasteiger partial charge in [-0.25, -0.2) is 19.3 Å². The molecular weight excluding hydrogens is 276 g/mol. The van der Waals surface area contributed by atoms with Gasteiger partial charge in [0.1, 0.15) is 37.1 Å². The van der Waals surface area contributed by atoms with Gasteiger partial charge in [0.05, 0.1) is 0 Å². The van der Waals surface area contributed by atoms with Gasteiger partial charge in [0, 0.05) is 0 Å². The number of ether oxygens (including phenoxy) is 1. The van der Waals surface area contributed by atoms with Crippen molar-refractivity contribution in [2.45, 2.75) is 24.3 Å². The standard InChI is InChI=1S/C10H11F2N5O3/c11-1-4-6(18)7(19)10(12,20-4)17-3-16-5-8(13)14-2-15-9(5)17/h2-4,6-7,18-19H,1H2,(H2,13,14,15)/t4-,6-,7-,10+/m1/s1. The van der Waals surface area contributed by atoms with Crippen LogP contribution in [0.3, 0.4) is 0 Å². The van der Waals surface area contributed by atoms with Crippen molar-refractivity contribution in [3.63, 3.8) is 0 Å². The zero-order valence-electron chi connectivity index (χ0n) is 10.0. The smallest absolute Gasteiger partial charge is 0.325 e. The van der Waals surface area contributed by atoms with Gasteiger partial charge in [0.2, 0.25) is 0 Å². The van der Waals surface area contributed by atoms with E-state index >= 15 is 0 Å². The summed E-state index contributed by atoms with van der Waals surface area (Å²) in [6.45, 7) is -1.15. The van der Waals surface area contributed by atoms with E-state index in [1.165, 1.54) is 0 Å². The summed E-state index contributed by atoms with van der Waals surface area (Å²) in [7, 11) is 0. The van der Waals surface area contributed by atoms with Gasteiger partial charge < -0.3 is 20.7 Å². The lowest BCUT2D eigenvalue weighted by Gasteiger charge is -2.24. The highest BCUT2D eigenvalue weighted by Crippen LogP contribution is 2.38. The number of imidazole rings is 1. The molecule has 1 fully saturated rings. The maximum atomic E-state index is 14.8. The molecule has 0 spiro atoms. The van der Waals surface area contributed by atoms with Crippen molar-refractivity contribution in [2.24, 2.45) is 0 Å². The van der Waals surface area contributed by atoms with E-state index in [2.05, 4.69) is 15.0 Å². The summed E-state index contributed by atoms with van der Waals surface area (Å²) in [4.78, 5) is 11.3. The molecule has 0 radical (unpaired) electrons. The molecule has 0 amide bonds. The van der Waals surface area contributed by atoms with Crippen LogP contribution in [-0.4, -0.2) is 54.7 Å². The van der Waals surface area contributed by atoms with Gasteiger partial charge in [-0.05, 0) is 0 Å². The Labute approximate surface area is 110 Å². The SMILES string of the molecule is Nc1ncnc2c1ncn2[C@]1(F)O[C@H](CF)[C@@H](O)[C@H]1O. The third kappa shape index (κ3) is 1.58. The van der Waals surface area contributed by atoms with E-state index in [9.17, 15) is 19.0 Å². The highest BCUT2D eigenvalue weighted by Gasteiger charge is 2.57. The lowest BCUT2D eigenvalue weighted by atomic mass is 10.1. The van der Waals surface area contributed by atoms with Crippen molar-refractivity contribution in [2.75, 3.05) is 12.4 Å². The summed E-state index contributed by atoms with van der Waals surface area (Å²) in [6, 6.07) is 0. The van der Waals surface area contributed by atoms with Crippen LogP contribution in [0.25, 0.3) is 11.2 Å². The molecule has 0 unspecified atom stereocenters. The number of hydrogen-bond acceptors (Lipinski definition) is 7. The van der Waals surface area contributed by atoms with E-state index in [0.717, 1.165) is 17.2 Å². The molecule has 4 atom stereocenters. The van der Waals surface area contributed by atoms with Crippen LogP contribution in [0.5, 0.6) is 0 Å². The van der Waals surface area contributed by atoms with Crippen molar-refractivity contribution in [1.82, 2.24) is 19.5 Å². The molecule has 4 N–H and O–H groups in total. The van der Waals surface area contributed by atoms with E-state index in [1.54, 1.807) is 0 Å². The summed E-state index contributed by atoms with van der Waals surface area (Å²) in [5.74, 6) is -2.86. The molecule has 1 saturated heterocycles. The quantitative estimate of drug-likeness (QED) is 0.653. The summed E-state index contributed by atoms with van der Waals surface area (Å²) in [5.41, 5.74) is 5.64. The topological polar surface area (TPSA) is 119 Å². The number of fused-ring (bicyclic) bond motifs is 1. The van der Waals surface area contributed by atoms with Crippen LogP contribution in [0.2, 0.25) is 0 Å². The summed E-state index contributed by atoms with van der Waals surface area (Å²) in [5, 5.41) is 19.4. The molecule has 1 aliphatic rings. The predicted octanol–water partition coefficient (Wildman–Crippen LogP) is -0.922. The molecule has 108 valence electrons. The van der Waals surface area contributed by atoms with Crippen LogP contribution in [0.1, 0.15) is 0 Å². The van der Waals surface area contributed by atoms with Gasteiger partial charge in [0.25, 0.3) is 0 Å². The van der Waals surface area contributed by atoms with Crippen molar-refractivity contribution >= 4 is 17.0 Å². The van der Waals surface area contributed by atoms with Crippen LogP contribution < -0.4 is 5.73 Å². The Bertz CT molecular complexity index is 653. The molecule has 3 heterocycles. The van der Waals surface area contributed by atoms with Crippen LogP contribution in [-0.2, 0) is 10.7 Å². The zero-order chi connectivity index (χ0) is 14.5. The Morgan fingerprint density at radius 1 is 1.40 bits per heavy atom. The molecule has 2 aromatic heterocycles. The molecule has 0 bridgehead atoms. The van der Waals surface area contributed by atoms with E-state index in [0.29, 0.717) is 0 Å². The molecule has 20 heavy (non-hydrogen) atoms. The minimum absolute atomic E-state index is 0.0208. The fourth-order valence-electron chi connectivity index (χ4n) is 2.16. The number of nitrogen functional groups attached to an aromatic ring is 1. The minimum Gasteiger partial charge on any atom is -0.387 e. The Kier molecular flexibility index (Phi) is 2.81. The second-order valence-corrected chi connectivity index (χ2v) is 4.40. The summed E-state index contributed by atoms with van der Waals surface area (Å²) in [6.07, 6.45) is -3.10. The van der Waals surface area contributed by atoms with Gasteiger partial charge in [-0.2, -0.15) is 4.39 Å².